The van der Waals surface area contributed by atoms with Crippen LogP contribution in [0.4, 0.5) is 5.69 Å². The van der Waals surface area contributed by atoms with Crippen LogP contribution in [0.1, 0.15) is 36.5 Å². The molecule has 2 aromatic carbocycles. The van der Waals surface area contributed by atoms with E-state index in [1.165, 1.54) is 23.5 Å². The van der Waals surface area contributed by atoms with Crippen molar-refractivity contribution in [3.63, 3.8) is 0 Å². The highest BCUT2D eigenvalue weighted by Gasteiger charge is 2.27. The Labute approximate surface area is 188 Å². The SMILES string of the molecule is CCOc1ccc(S(=O)(=O)N2CCCCC2)cc1NC(=O)c1ccc(SC)cc1OC. The number of hydrogen-bond donors (Lipinski definition) is 1. The average molecular weight is 465 g/mol. The van der Waals surface area contributed by atoms with E-state index in [9.17, 15) is 13.2 Å². The monoisotopic (exact) mass is 464 g/mol. The zero-order valence-electron chi connectivity index (χ0n) is 18.0. The number of nitrogens with one attached hydrogen (secondary N) is 1. The number of sulfonamides is 1. The summed E-state index contributed by atoms with van der Waals surface area (Å²) in [5, 5.41) is 2.81. The van der Waals surface area contributed by atoms with Crippen molar-refractivity contribution in [3.05, 3.63) is 42.0 Å². The summed E-state index contributed by atoms with van der Waals surface area (Å²) in [4.78, 5) is 14.1. The maximum atomic E-state index is 13.1. The fourth-order valence-electron chi connectivity index (χ4n) is 3.48. The lowest BCUT2D eigenvalue weighted by Gasteiger charge is -2.26. The minimum atomic E-state index is -3.64. The number of rotatable bonds is 8. The van der Waals surface area contributed by atoms with Gasteiger partial charge in [-0.25, -0.2) is 8.42 Å². The predicted molar refractivity (Wildman–Crippen MR) is 123 cm³/mol. The van der Waals surface area contributed by atoms with Crippen LogP contribution in [0.15, 0.2) is 46.2 Å². The first-order chi connectivity index (χ1) is 14.9. The van der Waals surface area contributed by atoms with Crippen LogP contribution >= 0.6 is 11.8 Å². The lowest BCUT2D eigenvalue weighted by Crippen LogP contribution is -2.35. The molecule has 1 heterocycles. The molecule has 1 aliphatic rings. The number of thioether (sulfide) groups is 1. The minimum absolute atomic E-state index is 0.137. The van der Waals surface area contributed by atoms with Crippen LogP contribution in [0, 0.1) is 0 Å². The van der Waals surface area contributed by atoms with Crippen molar-refractivity contribution in [2.24, 2.45) is 0 Å². The molecule has 1 fully saturated rings. The fourth-order valence-corrected chi connectivity index (χ4v) is 5.45. The first-order valence-corrected chi connectivity index (χ1v) is 12.9. The van der Waals surface area contributed by atoms with Gasteiger partial charge in [-0.15, -0.1) is 11.8 Å². The number of benzene rings is 2. The molecule has 0 radical (unpaired) electrons. The second kappa shape index (κ2) is 10.4. The Morgan fingerprint density at radius 3 is 2.48 bits per heavy atom. The van der Waals surface area contributed by atoms with E-state index in [-0.39, 0.29) is 4.90 Å². The Morgan fingerprint density at radius 2 is 1.84 bits per heavy atom. The highest BCUT2D eigenvalue weighted by atomic mass is 32.2. The van der Waals surface area contributed by atoms with Crippen molar-refractivity contribution in [2.75, 3.05) is 38.4 Å². The van der Waals surface area contributed by atoms with E-state index in [4.69, 9.17) is 9.47 Å². The molecule has 1 aliphatic heterocycles. The molecule has 1 N–H and O–H groups in total. The van der Waals surface area contributed by atoms with Gasteiger partial charge in [0.25, 0.3) is 5.91 Å². The molecule has 1 amide bonds. The number of nitrogens with zero attached hydrogens (tertiary/aromatic N) is 1. The van der Waals surface area contributed by atoms with Crippen LogP contribution in [-0.2, 0) is 10.0 Å². The van der Waals surface area contributed by atoms with Crippen LogP contribution in [0.5, 0.6) is 11.5 Å². The number of anilines is 1. The average Bonchev–Trinajstić information content (AvgIpc) is 2.80. The lowest BCUT2D eigenvalue weighted by molar-refractivity contribution is 0.102. The molecule has 0 saturated carbocycles. The molecule has 31 heavy (non-hydrogen) atoms. The molecule has 0 aliphatic carbocycles. The van der Waals surface area contributed by atoms with Gasteiger partial charge in [0, 0.05) is 18.0 Å². The van der Waals surface area contributed by atoms with Crippen LogP contribution < -0.4 is 14.8 Å². The van der Waals surface area contributed by atoms with Crippen molar-refractivity contribution >= 4 is 33.4 Å². The summed E-state index contributed by atoms with van der Waals surface area (Å²) in [6.45, 7) is 3.23. The predicted octanol–water partition coefficient (Wildman–Crippen LogP) is 4.24. The van der Waals surface area contributed by atoms with Gasteiger partial charge in [-0.3, -0.25) is 4.79 Å². The minimum Gasteiger partial charge on any atom is -0.496 e. The third kappa shape index (κ3) is 5.34. The molecule has 0 bridgehead atoms. The van der Waals surface area contributed by atoms with Gasteiger partial charge in [0.1, 0.15) is 11.5 Å². The maximum Gasteiger partial charge on any atom is 0.259 e. The van der Waals surface area contributed by atoms with Gasteiger partial charge in [-0.05, 0) is 62.4 Å². The molecule has 7 nitrogen and oxygen atoms in total. The number of methoxy groups -OCH3 is 1. The standard InChI is InChI=1S/C22H28N2O5S2/c1-4-29-20-11-9-17(31(26,27)24-12-6-5-7-13-24)15-19(20)23-22(25)18-10-8-16(30-3)14-21(18)28-2/h8-11,14-15H,4-7,12-13H2,1-3H3,(H,23,25). The van der Waals surface area contributed by atoms with Crippen LogP contribution in [0.25, 0.3) is 0 Å². The summed E-state index contributed by atoms with van der Waals surface area (Å²) in [6, 6.07) is 9.90. The zero-order valence-corrected chi connectivity index (χ0v) is 19.6. The fraction of sp³-hybridized carbons (Fsp3) is 0.409. The molecule has 0 unspecified atom stereocenters. The highest BCUT2D eigenvalue weighted by Crippen LogP contribution is 2.32. The molecule has 168 valence electrons. The van der Waals surface area contributed by atoms with E-state index < -0.39 is 15.9 Å². The summed E-state index contributed by atoms with van der Waals surface area (Å²) >= 11 is 1.55. The number of amides is 1. The summed E-state index contributed by atoms with van der Waals surface area (Å²) in [5.41, 5.74) is 0.660. The Bertz CT molecular complexity index is 1030. The molecule has 0 spiro atoms. The third-order valence-electron chi connectivity index (χ3n) is 5.11. The normalized spacial score (nSPS) is 14.8. The summed E-state index contributed by atoms with van der Waals surface area (Å²) in [6.07, 6.45) is 4.68. The quantitative estimate of drug-likeness (QED) is 0.588. The topological polar surface area (TPSA) is 84.9 Å². The number of hydrogen-bond acceptors (Lipinski definition) is 6. The molecule has 3 rings (SSSR count). The van der Waals surface area contributed by atoms with E-state index in [2.05, 4.69) is 5.32 Å². The largest absolute Gasteiger partial charge is 0.496 e. The first kappa shape index (κ1) is 23.4. The van der Waals surface area contributed by atoms with Gasteiger partial charge < -0.3 is 14.8 Å². The number of ether oxygens (including phenoxy) is 2. The molecular weight excluding hydrogens is 436 g/mol. The van der Waals surface area contributed by atoms with Crippen molar-refractivity contribution in [2.45, 2.75) is 36.0 Å². The van der Waals surface area contributed by atoms with Crippen molar-refractivity contribution in [3.8, 4) is 11.5 Å². The van der Waals surface area contributed by atoms with Gasteiger partial charge >= 0.3 is 0 Å². The van der Waals surface area contributed by atoms with Crippen molar-refractivity contribution in [1.82, 2.24) is 4.31 Å². The summed E-state index contributed by atoms with van der Waals surface area (Å²) in [5.74, 6) is 0.450. The first-order valence-electron chi connectivity index (χ1n) is 10.2. The van der Waals surface area contributed by atoms with E-state index in [0.717, 1.165) is 24.2 Å². The second-order valence-electron chi connectivity index (χ2n) is 7.08. The summed E-state index contributed by atoms with van der Waals surface area (Å²) < 4.78 is 38.7. The van der Waals surface area contributed by atoms with Gasteiger partial charge in [0.05, 0.1) is 29.9 Å². The Balaban J connectivity index is 1.94. The molecular formula is C22H28N2O5S2. The molecule has 0 atom stereocenters. The molecule has 2 aromatic rings. The van der Waals surface area contributed by atoms with Gasteiger partial charge in [-0.2, -0.15) is 4.31 Å². The van der Waals surface area contributed by atoms with E-state index >= 15 is 0 Å². The Hall–Kier alpha value is -2.23. The number of piperidine rings is 1. The number of carbonyl (C=O) groups is 1. The van der Waals surface area contributed by atoms with E-state index in [1.54, 1.807) is 30.0 Å². The Kier molecular flexibility index (Phi) is 7.85. The third-order valence-corrected chi connectivity index (χ3v) is 7.73. The highest BCUT2D eigenvalue weighted by molar-refractivity contribution is 7.98. The van der Waals surface area contributed by atoms with Crippen molar-refractivity contribution < 1.29 is 22.7 Å². The van der Waals surface area contributed by atoms with Gasteiger partial charge in [0.2, 0.25) is 10.0 Å². The van der Waals surface area contributed by atoms with Crippen LogP contribution in [0.3, 0.4) is 0 Å². The van der Waals surface area contributed by atoms with Crippen molar-refractivity contribution in [1.29, 1.82) is 0 Å². The van der Waals surface area contributed by atoms with Gasteiger partial charge in [0.15, 0.2) is 0 Å². The van der Waals surface area contributed by atoms with Crippen LogP contribution in [0.2, 0.25) is 0 Å². The van der Waals surface area contributed by atoms with E-state index in [0.29, 0.717) is 42.4 Å². The Morgan fingerprint density at radius 1 is 1.10 bits per heavy atom. The lowest BCUT2D eigenvalue weighted by atomic mass is 10.1. The molecule has 9 heteroatoms. The maximum absolute atomic E-state index is 13.1. The van der Waals surface area contributed by atoms with Crippen LogP contribution in [-0.4, -0.2) is 51.7 Å². The van der Waals surface area contributed by atoms with E-state index in [1.807, 2.05) is 19.2 Å². The number of carbonyl (C=O) groups excluding carboxylic acids is 1. The summed E-state index contributed by atoms with van der Waals surface area (Å²) in [7, 11) is -2.13. The zero-order chi connectivity index (χ0) is 22.4. The smallest absolute Gasteiger partial charge is 0.259 e. The molecule has 0 aromatic heterocycles. The second-order valence-corrected chi connectivity index (χ2v) is 9.89. The molecule has 1 saturated heterocycles. The van der Waals surface area contributed by atoms with Gasteiger partial charge in [-0.1, -0.05) is 6.42 Å².